The fourth-order valence-electron chi connectivity index (χ4n) is 2.14. The molecule has 0 radical (unpaired) electrons. The Morgan fingerprint density at radius 2 is 1.92 bits per heavy atom. The Hall–Kier alpha value is -1.60. The van der Waals surface area contributed by atoms with Crippen LogP contribution in [-0.2, 0) is 4.79 Å². The molecule has 0 saturated heterocycles. The van der Waals surface area contributed by atoms with Crippen molar-refractivity contribution in [3.63, 3.8) is 0 Å². The van der Waals surface area contributed by atoms with Crippen LogP contribution in [0.25, 0.3) is 0 Å². The number of hydrogen-bond acceptors (Lipinski definition) is 6. The largest absolute Gasteiger partial charge is 0.466 e. The molecule has 5 nitrogen and oxygen atoms in total. The van der Waals surface area contributed by atoms with Crippen molar-refractivity contribution >= 4 is 29.0 Å². The van der Waals surface area contributed by atoms with Gasteiger partial charge in [0.05, 0.1) is 17.9 Å². The first kappa shape index (κ1) is 18.7. The molecule has 1 atom stereocenters. The molecule has 0 aliphatic rings. The van der Waals surface area contributed by atoms with Crippen LogP contribution >= 0.6 is 23.1 Å². The van der Waals surface area contributed by atoms with Gasteiger partial charge in [-0.3, -0.25) is 4.79 Å². The molecule has 1 heterocycles. The summed E-state index contributed by atoms with van der Waals surface area (Å²) in [5.41, 5.74) is 1.12. The molecule has 2 aromatic rings. The van der Waals surface area contributed by atoms with E-state index in [9.17, 15) is 4.79 Å². The highest BCUT2D eigenvalue weighted by molar-refractivity contribution is 8.01. The lowest BCUT2D eigenvalue weighted by Gasteiger charge is -2.22. The molecule has 0 fully saturated rings. The van der Waals surface area contributed by atoms with E-state index in [1.807, 2.05) is 44.2 Å². The molecule has 1 N–H and O–H groups in total. The molecular weight excluding hydrogens is 342 g/mol. The predicted molar refractivity (Wildman–Crippen MR) is 98.6 cm³/mol. The third-order valence-corrected chi connectivity index (χ3v) is 5.14. The Balaban J connectivity index is 1.88. The first-order chi connectivity index (χ1) is 11.5. The molecule has 0 aliphatic heterocycles. The molecule has 0 spiro atoms. The minimum absolute atomic E-state index is 0.00792. The SMILES string of the molecule is CC(C)Oc1nnc(SCC(=O)NC(c2ccccc2)C(C)C)s1. The maximum absolute atomic E-state index is 12.3. The number of nitrogens with zero attached hydrogens (tertiary/aromatic N) is 2. The number of aromatic nitrogens is 2. The molecular formula is C17H23N3O2S2. The Kier molecular flexibility index (Phi) is 7.05. The predicted octanol–water partition coefficient (Wildman–Crippen LogP) is 3.93. The normalized spacial score (nSPS) is 12.4. The summed E-state index contributed by atoms with van der Waals surface area (Å²) in [4.78, 5) is 12.3. The monoisotopic (exact) mass is 365 g/mol. The molecule has 1 aromatic heterocycles. The van der Waals surface area contributed by atoms with Crippen molar-refractivity contribution in [1.82, 2.24) is 15.5 Å². The first-order valence-electron chi connectivity index (χ1n) is 7.93. The van der Waals surface area contributed by atoms with Gasteiger partial charge in [-0.2, -0.15) is 0 Å². The van der Waals surface area contributed by atoms with Crippen LogP contribution in [0.5, 0.6) is 5.19 Å². The fraction of sp³-hybridized carbons (Fsp3) is 0.471. The van der Waals surface area contributed by atoms with Crippen molar-refractivity contribution in [2.45, 2.75) is 44.2 Å². The summed E-state index contributed by atoms with van der Waals surface area (Å²) in [5, 5.41) is 11.7. The maximum atomic E-state index is 12.3. The summed E-state index contributed by atoms with van der Waals surface area (Å²) in [6, 6.07) is 10.0. The summed E-state index contributed by atoms with van der Waals surface area (Å²) < 4.78 is 6.22. The van der Waals surface area contributed by atoms with Crippen LogP contribution in [0.3, 0.4) is 0 Å². The number of amides is 1. The summed E-state index contributed by atoms with van der Waals surface area (Å²) in [5.74, 6) is 0.616. The van der Waals surface area contributed by atoms with E-state index >= 15 is 0 Å². The van der Waals surface area contributed by atoms with Gasteiger partial charge in [-0.25, -0.2) is 0 Å². The number of rotatable bonds is 8. The zero-order chi connectivity index (χ0) is 17.5. The van der Waals surface area contributed by atoms with Crippen LogP contribution in [-0.4, -0.2) is 28.0 Å². The van der Waals surface area contributed by atoms with Crippen molar-refractivity contribution in [1.29, 1.82) is 0 Å². The van der Waals surface area contributed by atoms with E-state index < -0.39 is 0 Å². The number of carbonyl (C=O) groups is 1. The zero-order valence-corrected chi connectivity index (χ0v) is 16.0. The number of benzene rings is 1. The van der Waals surface area contributed by atoms with E-state index in [0.29, 0.717) is 16.9 Å². The molecule has 24 heavy (non-hydrogen) atoms. The minimum atomic E-state index is -0.0101. The van der Waals surface area contributed by atoms with Crippen LogP contribution in [0.2, 0.25) is 0 Å². The minimum Gasteiger partial charge on any atom is -0.466 e. The van der Waals surface area contributed by atoms with Crippen molar-refractivity contribution in [3.05, 3.63) is 35.9 Å². The smallest absolute Gasteiger partial charge is 0.295 e. The second-order valence-electron chi connectivity index (χ2n) is 5.99. The van der Waals surface area contributed by atoms with Gasteiger partial charge in [0.25, 0.3) is 5.19 Å². The molecule has 1 aromatic carbocycles. The highest BCUT2D eigenvalue weighted by Gasteiger charge is 2.18. The van der Waals surface area contributed by atoms with Crippen molar-refractivity contribution in [2.24, 2.45) is 5.92 Å². The lowest BCUT2D eigenvalue weighted by molar-refractivity contribution is -0.119. The lowest BCUT2D eigenvalue weighted by atomic mass is 9.96. The van der Waals surface area contributed by atoms with Crippen LogP contribution in [0.15, 0.2) is 34.7 Å². The van der Waals surface area contributed by atoms with Crippen molar-refractivity contribution in [3.8, 4) is 5.19 Å². The van der Waals surface area contributed by atoms with Crippen LogP contribution in [0, 0.1) is 5.92 Å². The molecule has 130 valence electrons. The van der Waals surface area contributed by atoms with E-state index in [1.54, 1.807) is 0 Å². The van der Waals surface area contributed by atoms with Gasteiger partial charge in [0.2, 0.25) is 5.91 Å². The van der Waals surface area contributed by atoms with Crippen LogP contribution < -0.4 is 10.1 Å². The van der Waals surface area contributed by atoms with Gasteiger partial charge < -0.3 is 10.1 Å². The summed E-state index contributed by atoms with van der Waals surface area (Å²) in [6.45, 7) is 8.09. The fourth-order valence-corrected chi connectivity index (χ4v) is 3.76. The zero-order valence-electron chi connectivity index (χ0n) is 14.4. The average Bonchev–Trinajstić information content (AvgIpc) is 2.98. The summed E-state index contributed by atoms with van der Waals surface area (Å²) >= 11 is 2.74. The van der Waals surface area contributed by atoms with E-state index in [-0.39, 0.29) is 18.1 Å². The summed E-state index contributed by atoms with van der Waals surface area (Å²) in [6.07, 6.45) is 0.0665. The quantitative estimate of drug-likeness (QED) is 0.718. The van der Waals surface area contributed by atoms with Gasteiger partial charge in [0.1, 0.15) is 0 Å². The molecule has 0 bridgehead atoms. The Morgan fingerprint density at radius 1 is 1.21 bits per heavy atom. The summed E-state index contributed by atoms with van der Waals surface area (Å²) in [7, 11) is 0. The van der Waals surface area contributed by atoms with Crippen LogP contribution in [0.4, 0.5) is 0 Å². The van der Waals surface area contributed by atoms with Gasteiger partial charge >= 0.3 is 0 Å². The third-order valence-electron chi connectivity index (χ3n) is 3.19. The third kappa shape index (κ3) is 5.79. The highest BCUT2D eigenvalue weighted by atomic mass is 32.2. The number of hydrogen-bond donors (Lipinski definition) is 1. The van der Waals surface area contributed by atoms with E-state index in [2.05, 4.69) is 29.4 Å². The molecule has 1 amide bonds. The van der Waals surface area contributed by atoms with E-state index in [0.717, 1.165) is 9.90 Å². The number of thioether (sulfide) groups is 1. The first-order valence-corrected chi connectivity index (χ1v) is 9.73. The van der Waals surface area contributed by atoms with Gasteiger partial charge in [-0.15, -0.1) is 5.10 Å². The second-order valence-corrected chi connectivity index (χ2v) is 8.15. The highest BCUT2D eigenvalue weighted by Crippen LogP contribution is 2.28. The van der Waals surface area contributed by atoms with Crippen molar-refractivity contribution < 1.29 is 9.53 Å². The second kappa shape index (κ2) is 9.03. The van der Waals surface area contributed by atoms with Crippen molar-refractivity contribution in [2.75, 3.05) is 5.75 Å². The van der Waals surface area contributed by atoms with Gasteiger partial charge in [0.15, 0.2) is 4.34 Å². The van der Waals surface area contributed by atoms with Crippen LogP contribution in [0.1, 0.15) is 39.3 Å². The number of carbonyl (C=O) groups excluding carboxylic acids is 1. The van der Waals surface area contributed by atoms with E-state index in [4.69, 9.17) is 4.74 Å². The van der Waals surface area contributed by atoms with Gasteiger partial charge in [0, 0.05) is 0 Å². The standard InChI is InChI=1S/C17H23N3O2S2/c1-11(2)15(13-8-6-5-7-9-13)18-14(21)10-23-17-20-19-16(24-17)22-12(3)4/h5-9,11-12,15H,10H2,1-4H3,(H,18,21). The molecule has 0 saturated carbocycles. The van der Waals surface area contributed by atoms with Gasteiger partial charge in [-0.05, 0) is 36.7 Å². The topological polar surface area (TPSA) is 64.1 Å². The Morgan fingerprint density at radius 3 is 2.54 bits per heavy atom. The van der Waals surface area contributed by atoms with E-state index in [1.165, 1.54) is 23.1 Å². The Labute approximate surface area is 151 Å². The average molecular weight is 366 g/mol. The molecule has 0 aliphatic carbocycles. The maximum Gasteiger partial charge on any atom is 0.295 e. The lowest BCUT2D eigenvalue weighted by Crippen LogP contribution is -2.32. The Bertz CT molecular complexity index is 644. The number of ether oxygens (including phenoxy) is 1. The molecule has 2 rings (SSSR count). The molecule has 1 unspecified atom stereocenters. The molecule has 7 heteroatoms. The number of nitrogens with one attached hydrogen (secondary N) is 1. The van der Waals surface area contributed by atoms with Gasteiger partial charge in [-0.1, -0.05) is 61.0 Å².